The summed E-state index contributed by atoms with van der Waals surface area (Å²) >= 11 is 0. The Bertz CT molecular complexity index is 2590. The van der Waals surface area contributed by atoms with E-state index in [4.69, 9.17) is 18.9 Å². The first-order valence-electron chi connectivity index (χ1n) is 19.0. The summed E-state index contributed by atoms with van der Waals surface area (Å²) in [5.74, 6) is -0.981. The van der Waals surface area contributed by atoms with Gasteiger partial charge in [-0.25, -0.2) is 39.5 Å². The number of hydrogen-bond donors (Lipinski definition) is 3. The van der Waals surface area contributed by atoms with Gasteiger partial charge in [-0.15, -0.1) is 0 Å². The highest BCUT2D eigenvalue weighted by Crippen LogP contribution is 2.35. The summed E-state index contributed by atoms with van der Waals surface area (Å²) in [5, 5.41) is 22.2. The largest absolute Gasteiger partial charge is 0.456 e. The molecule has 0 saturated carbocycles. The van der Waals surface area contributed by atoms with Crippen molar-refractivity contribution in [1.29, 1.82) is 0 Å². The Morgan fingerprint density at radius 1 is 0.633 bits per heavy atom. The predicted octanol–water partition coefficient (Wildman–Crippen LogP) is 4.22. The van der Waals surface area contributed by atoms with E-state index in [1.165, 1.54) is 19.0 Å². The second-order valence-corrected chi connectivity index (χ2v) is 13.9. The van der Waals surface area contributed by atoms with Gasteiger partial charge >= 0.3 is 11.9 Å². The molecule has 2 saturated heterocycles. The van der Waals surface area contributed by atoms with Crippen LogP contribution in [-0.4, -0.2) is 105 Å². The van der Waals surface area contributed by atoms with Crippen LogP contribution in [0.15, 0.2) is 116 Å². The first-order valence-corrected chi connectivity index (χ1v) is 19.0. The maximum Gasteiger partial charge on any atom is 0.338 e. The van der Waals surface area contributed by atoms with Crippen LogP contribution in [0.1, 0.15) is 62.1 Å². The summed E-state index contributed by atoms with van der Waals surface area (Å²) in [6.07, 6.45) is 3.13. The number of imidazole rings is 2. The van der Waals surface area contributed by atoms with E-state index in [0.29, 0.717) is 51.9 Å². The third-order valence-electron chi connectivity index (χ3n) is 10.0. The zero-order valence-corrected chi connectivity index (χ0v) is 32.1. The van der Waals surface area contributed by atoms with E-state index < -0.39 is 48.8 Å². The molecule has 2 aliphatic rings. The number of hydrogen-bond acceptors (Lipinski definition) is 15. The number of aliphatic hydroxyl groups excluding tert-OH is 2. The maximum atomic E-state index is 12.6. The lowest BCUT2D eigenvalue weighted by Crippen LogP contribution is -2.30. The number of amides is 1. The molecule has 0 unspecified atom stereocenters. The molecule has 6 heterocycles. The van der Waals surface area contributed by atoms with Crippen molar-refractivity contribution < 1.29 is 43.5 Å². The van der Waals surface area contributed by atoms with Crippen molar-refractivity contribution in [2.75, 3.05) is 18.5 Å². The molecule has 9 rings (SSSR count). The Kier molecular flexibility index (Phi) is 11.9. The van der Waals surface area contributed by atoms with E-state index in [-0.39, 0.29) is 24.9 Å². The summed E-state index contributed by atoms with van der Waals surface area (Å²) in [5.41, 5.74) is 4.32. The van der Waals surface area contributed by atoms with E-state index in [2.05, 4.69) is 35.2 Å². The molecule has 2 fully saturated rings. The molecule has 306 valence electrons. The van der Waals surface area contributed by atoms with Crippen molar-refractivity contribution in [3.05, 3.63) is 139 Å². The molecular weight excluding hydrogens is 775 g/mol. The number of nitrogens with one attached hydrogen (secondary N) is 1. The van der Waals surface area contributed by atoms with Crippen LogP contribution in [0, 0.1) is 6.92 Å². The highest BCUT2D eigenvalue weighted by molar-refractivity contribution is 6.06. The summed E-state index contributed by atoms with van der Waals surface area (Å²) < 4.78 is 26.5. The van der Waals surface area contributed by atoms with Gasteiger partial charge in [0.2, 0.25) is 0 Å². The van der Waals surface area contributed by atoms with Gasteiger partial charge < -0.3 is 34.5 Å². The van der Waals surface area contributed by atoms with Crippen molar-refractivity contribution in [2.24, 2.45) is 0 Å². The van der Waals surface area contributed by atoms with E-state index in [1.54, 1.807) is 88.3 Å². The standard InChI is InChI=1S/C24H21N5O5.C18H18N4O4/c30-12-18-17(34-24(32)16-9-5-2-6-10-16)11-19(33-18)29-14-27-20-21(25-13-26-22(20)29)28-23(31)15-7-3-1-4-8-15;1-11-16-17(20-9-19-11)22(10-21-16)15-7-13(14(8-23)25-15)26-18(24)12-5-3-2-4-6-12/h1-10,13-14,17-19,30H,11-12H2,(H,25,26,28,31);2-6,9-10,13-15,23H,7-8H2,1H3/t17-,18-,19-;13-,14-,15-/m11/s1. The first-order chi connectivity index (χ1) is 29.3. The molecule has 60 heavy (non-hydrogen) atoms. The fourth-order valence-corrected chi connectivity index (χ4v) is 6.98. The average Bonchev–Trinajstić information content (AvgIpc) is 4.10. The van der Waals surface area contributed by atoms with Gasteiger partial charge in [-0.1, -0.05) is 54.6 Å². The smallest absolute Gasteiger partial charge is 0.338 e. The molecule has 3 aromatic carbocycles. The van der Waals surface area contributed by atoms with Gasteiger partial charge in [0.05, 0.1) is 42.7 Å². The number of aliphatic hydroxyl groups is 2. The molecular formula is C42H39N9O9. The molecule has 0 bridgehead atoms. The number of ether oxygens (including phenoxy) is 4. The van der Waals surface area contributed by atoms with Crippen molar-refractivity contribution in [2.45, 2.75) is 56.6 Å². The Morgan fingerprint density at radius 2 is 1.08 bits per heavy atom. The van der Waals surface area contributed by atoms with Gasteiger partial charge in [-0.2, -0.15) is 0 Å². The van der Waals surface area contributed by atoms with Gasteiger partial charge in [-0.05, 0) is 43.3 Å². The minimum absolute atomic E-state index is 0.246. The van der Waals surface area contributed by atoms with Crippen molar-refractivity contribution in [3.63, 3.8) is 0 Å². The molecule has 2 aliphatic heterocycles. The van der Waals surface area contributed by atoms with Crippen LogP contribution in [0.25, 0.3) is 22.3 Å². The molecule has 18 nitrogen and oxygen atoms in total. The zero-order chi connectivity index (χ0) is 41.6. The first kappa shape index (κ1) is 39.8. The van der Waals surface area contributed by atoms with Crippen molar-refractivity contribution >= 4 is 46.0 Å². The van der Waals surface area contributed by atoms with E-state index in [9.17, 15) is 24.6 Å². The number of carbonyl (C=O) groups excluding carboxylic acids is 3. The minimum atomic E-state index is -0.700. The molecule has 6 atom stereocenters. The number of nitrogens with zero attached hydrogens (tertiary/aromatic N) is 8. The Balaban J connectivity index is 0.000000172. The fourth-order valence-electron chi connectivity index (χ4n) is 6.98. The molecule has 1 amide bonds. The fraction of sp³-hybridized carbons (Fsp3) is 0.262. The lowest BCUT2D eigenvalue weighted by atomic mass is 10.1. The SMILES string of the molecule is Cc1ncnc2c1ncn2[C@H]1C[C@@H](OC(=O)c2ccccc2)[C@@H](CO)O1.O=C(Nc1ncnc2c1ncn2[C@H]1C[C@@H](OC(=O)c2ccccc2)[C@@H](CO)O1)c1ccccc1. The molecule has 3 N–H and O–H groups in total. The lowest BCUT2D eigenvalue weighted by Gasteiger charge is -2.16. The second kappa shape index (κ2) is 17.9. The predicted molar refractivity (Wildman–Crippen MR) is 212 cm³/mol. The number of anilines is 1. The van der Waals surface area contributed by atoms with E-state index in [1.807, 2.05) is 25.1 Å². The summed E-state index contributed by atoms with van der Waals surface area (Å²) in [4.78, 5) is 62.9. The Morgan fingerprint density at radius 3 is 1.58 bits per heavy atom. The lowest BCUT2D eigenvalue weighted by molar-refractivity contribution is -0.0500. The highest BCUT2D eigenvalue weighted by Gasteiger charge is 2.41. The summed E-state index contributed by atoms with van der Waals surface area (Å²) in [6.45, 7) is 1.30. The van der Waals surface area contributed by atoms with E-state index in [0.717, 1.165) is 5.69 Å². The van der Waals surface area contributed by atoms with Crippen LogP contribution in [0.4, 0.5) is 5.82 Å². The van der Waals surface area contributed by atoms with Crippen LogP contribution < -0.4 is 5.32 Å². The van der Waals surface area contributed by atoms with Gasteiger partial charge in [0, 0.05) is 18.4 Å². The Hall–Kier alpha value is -6.99. The molecule has 4 aromatic heterocycles. The third-order valence-corrected chi connectivity index (χ3v) is 10.0. The number of fused-ring (bicyclic) bond motifs is 2. The average molecular weight is 814 g/mol. The van der Waals surface area contributed by atoms with Crippen LogP contribution >= 0.6 is 0 Å². The van der Waals surface area contributed by atoms with Gasteiger partial charge in [0.15, 0.2) is 22.6 Å². The van der Waals surface area contributed by atoms with Crippen LogP contribution in [0.2, 0.25) is 0 Å². The van der Waals surface area contributed by atoms with Gasteiger partial charge in [0.1, 0.15) is 55.0 Å². The van der Waals surface area contributed by atoms with Crippen LogP contribution in [-0.2, 0) is 18.9 Å². The van der Waals surface area contributed by atoms with E-state index >= 15 is 0 Å². The zero-order valence-electron chi connectivity index (χ0n) is 32.1. The molecule has 0 aliphatic carbocycles. The number of benzene rings is 3. The van der Waals surface area contributed by atoms with Crippen LogP contribution in [0.3, 0.4) is 0 Å². The quantitative estimate of drug-likeness (QED) is 0.164. The van der Waals surface area contributed by atoms with Crippen LogP contribution in [0.5, 0.6) is 0 Å². The number of carbonyl (C=O) groups is 3. The third kappa shape index (κ3) is 8.43. The maximum absolute atomic E-state index is 12.6. The van der Waals surface area contributed by atoms with Crippen molar-refractivity contribution in [1.82, 2.24) is 39.0 Å². The Labute approximate surface area is 341 Å². The number of aromatic nitrogens is 8. The second-order valence-electron chi connectivity index (χ2n) is 13.9. The molecule has 0 radical (unpaired) electrons. The highest BCUT2D eigenvalue weighted by atomic mass is 16.6. The topological polar surface area (TPSA) is 228 Å². The summed E-state index contributed by atoms with van der Waals surface area (Å²) in [6, 6.07) is 26.2. The van der Waals surface area contributed by atoms with Gasteiger partial charge in [-0.3, -0.25) is 13.9 Å². The number of aryl methyl sites for hydroxylation is 1. The number of rotatable bonds is 10. The number of esters is 2. The summed E-state index contributed by atoms with van der Waals surface area (Å²) in [7, 11) is 0. The van der Waals surface area contributed by atoms with Gasteiger partial charge in [0.25, 0.3) is 5.91 Å². The molecule has 18 heteroatoms. The molecule has 7 aromatic rings. The van der Waals surface area contributed by atoms with Crippen molar-refractivity contribution in [3.8, 4) is 0 Å². The minimum Gasteiger partial charge on any atom is -0.456 e. The normalized spacial score (nSPS) is 21.0. The monoisotopic (exact) mass is 813 g/mol. The molecule has 0 spiro atoms.